The monoisotopic (exact) mass is 810 g/mol. The van der Waals surface area contributed by atoms with Crippen molar-refractivity contribution in [3.05, 3.63) is 199 Å². The number of hydrogen-bond donors (Lipinski definition) is 0. The third-order valence-corrected chi connectivity index (χ3v) is 12.7. The molecule has 0 radical (unpaired) electrons. The first kappa shape index (κ1) is 35.2. The van der Waals surface area contributed by atoms with E-state index in [0.29, 0.717) is 16.7 Å². The van der Waals surface area contributed by atoms with Gasteiger partial charge in [-0.3, -0.25) is 0 Å². The minimum atomic E-state index is -0.618. The number of carbonyl (C=O) groups excluding carboxylic acids is 3. The summed E-state index contributed by atoms with van der Waals surface area (Å²) in [4.78, 5) is 42.8. The first-order valence-corrected chi connectivity index (χ1v) is 20.7. The predicted octanol–water partition coefficient (Wildman–Crippen LogP) is 14.0. The molecule has 0 aliphatic carbocycles. The van der Waals surface area contributed by atoms with E-state index in [-0.39, 0.29) is 17.2 Å². The molecule has 63 heavy (non-hydrogen) atoms. The van der Waals surface area contributed by atoms with Gasteiger partial charge in [-0.1, -0.05) is 146 Å². The van der Waals surface area contributed by atoms with Crippen LogP contribution in [-0.4, -0.2) is 17.9 Å². The van der Waals surface area contributed by atoms with Gasteiger partial charge in [0.15, 0.2) is 0 Å². The molecule has 0 amide bonds. The Morgan fingerprint density at radius 1 is 0.254 bits per heavy atom. The molecule has 0 atom stereocenters. The molecular formula is C57H30O6. The molecule has 0 unspecified atom stereocenters. The Kier molecular flexibility index (Phi) is 7.37. The summed E-state index contributed by atoms with van der Waals surface area (Å²) >= 11 is 0. The molecule has 0 bridgehead atoms. The fraction of sp³-hybridized carbons (Fsp3) is 0. The third kappa shape index (κ3) is 5.35. The lowest BCUT2D eigenvalue weighted by Crippen LogP contribution is -2.13. The number of benzene rings is 13. The smallest absolute Gasteiger partial charge is 0.344 e. The number of hydrogen-bond acceptors (Lipinski definition) is 6. The zero-order chi connectivity index (χ0) is 41.9. The van der Waals surface area contributed by atoms with Crippen molar-refractivity contribution in [1.82, 2.24) is 0 Å². The second kappa shape index (κ2) is 13.2. The van der Waals surface area contributed by atoms with Crippen LogP contribution in [0.5, 0.6) is 17.2 Å². The summed E-state index contributed by atoms with van der Waals surface area (Å²) in [5, 5.41) is 17.9. The van der Waals surface area contributed by atoms with Gasteiger partial charge < -0.3 is 14.2 Å². The topological polar surface area (TPSA) is 78.9 Å². The zero-order valence-corrected chi connectivity index (χ0v) is 33.3. The number of ether oxygens (including phenoxy) is 3. The first-order chi connectivity index (χ1) is 30.9. The summed E-state index contributed by atoms with van der Waals surface area (Å²) < 4.78 is 18.4. The normalized spacial score (nSPS) is 12.0. The summed E-state index contributed by atoms with van der Waals surface area (Å²) in [6.07, 6.45) is 0. The van der Waals surface area contributed by atoms with Crippen LogP contribution >= 0.6 is 0 Å². The average molecular weight is 811 g/mol. The molecule has 0 aliphatic rings. The third-order valence-electron chi connectivity index (χ3n) is 12.7. The van der Waals surface area contributed by atoms with Crippen molar-refractivity contribution in [3.63, 3.8) is 0 Å². The number of carbonyl (C=O) groups is 3. The summed E-state index contributed by atoms with van der Waals surface area (Å²) in [6.45, 7) is 0. The molecule has 0 N–H and O–H groups in total. The van der Waals surface area contributed by atoms with Gasteiger partial charge in [0.1, 0.15) is 17.2 Å². The Bertz CT molecular complexity index is 3590. The molecule has 6 heteroatoms. The Hall–Kier alpha value is -8.61. The summed E-state index contributed by atoms with van der Waals surface area (Å²) in [5.74, 6) is -1.76. The Balaban J connectivity index is 0.903. The van der Waals surface area contributed by atoms with Gasteiger partial charge in [0.25, 0.3) is 0 Å². The van der Waals surface area contributed by atoms with Crippen LogP contribution in [0.3, 0.4) is 0 Å². The van der Waals surface area contributed by atoms with Crippen molar-refractivity contribution in [1.29, 1.82) is 0 Å². The van der Waals surface area contributed by atoms with Crippen LogP contribution in [0.25, 0.3) is 97.0 Å². The van der Waals surface area contributed by atoms with Crippen LogP contribution < -0.4 is 14.2 Å². The van der Waals surface area contributed by atoms with Crippen LogP contribution in [0.2, 0.25) is 0 Å². The van der Waals surface area contributed by atoms with Crippen molar-refractivity contribution >= 4 is 115 Å². The molecule has 13 rings (SSSR count). The van der Waals surface area contributed by atoms with Gasteiger partial charge in [-0.05, 0) is 115 Å². The van der Waals surface area contributed by atoms with Gasteiger partial charge in [0, 0.05) is 18.2 Å². The molecule has 0 aromatic heterocycles. The highest BCUT2D eigenvalue weighted by Crippen LogP contribution is 2.40. The Morgan fingerprint density at radius 2 is 0.476 bits per heavy atom. The predicted molar refractivity (Wildman–Crippen MR) is 252 cm³/mol. The van der Waals surface area contributed by atoms with Crippen LogP contribution in [0.1, 0.15) is 31.1 Å². The number of esters is 3. The summed E-state index contributed by atoms with van der Waals surface area (Å²) in [7, 11) is 0. The van der Waals surface area contributed by atoms with E-state index in [2.05, 4.69) is 72.8 Å². The van der Waals surface area contributed by atoms with Crippen LogP contribution in [0.4, 0.5) is 0 Å². The SMILES string of the molecule is O=C(Oc1cc(OC(=O)c2ccc3ccc4cccc5ccc2c3c45)cc(OC(=O)c2ccc3ccc4cccc5ccc2c3c45)c1)c1ccc2ccc3cccc4ccc1c2c34. The largest absolute Gasteiger partial charge is 0.423 e. The second-order valence-electron chi connectivity index (χ2n) is 16.2. The van der Waals surface area contributed by atoms with Crippen molar-refractivity contribution in [3.8, 4) is 17.2 Å². The van der Waals surface area contributed by atoms with Crippen molar-refractivity contribution in [2.24, 2.45) is 0 Å². The fourth-order valence-corrected chi connectivity index (χ4v) is 9.95. The molecule has 0 heterocycles. The van der Waals surface area contributed by atoms with E-state index in [0.717, 1.165) is 97.0 Å². The van der Waals surface area contributed by atoms with Crippen molar-refractivity contribution in [2.45, 2.75) is 0 Å². The Morgan fingerprint density at radius 3 is 0.746 bits per heavy atom. The quantitative estimate of drug-likeness (QED) is 0.0945. The van der Waals surface area contributed by atoms with E-state index >= 15 is 0 Å². The van der Waals surface area contributed by atoms with Gasteiger partial charge in [0.2, 0.25) is 0 Å². The summed E-state index contributed by atoms with van der Waals surface area (Å²) in [6, 6.07) is 58.2. The Labute approximate surface area is 358 Å². The highest BCUT2D eigenvalue weighted by molar-refractivity contribution is 6.28. The lowest BCUT2D eigenvalue weighted by atomic mass is 9.92. The second-order valence-corrected chi connectivity index (χ2v) is 16.2. The molecule has 0 aliphatic heterocycles. The highest BCUT2D eigenvalue weighted by atomic mass is 16.6. The van der Waals surface area contributed by atoms with Crippen LogP contribution in [-0.2, 0) is 0 Å². The van der Waals surface area contributed by atoms with Gasteiger partial charge in [-0.15, -0.1) is 0 Å². The minimum absolute atomic E-state index is 0.0320. The highest BCUT2D eigenvalue weighted by Gasteiger charge is 2.23. The molecule has 13 aromatic rings. The molecular weight excluding hydrogens is 781 g/mol. The maximum absolute atomic E-state index is 14.3. The van der Waals surface area contributed by atoms with E-state index in [1.54, 1.807) is 18.2 Å². The average Bonchev–Trinajstić information content (AvgIpc) is 3.31. The minimum Gasteiger partial charge on any atom is -0.423 e. The van der Waals surface area contributed by atoms with Crippen LogP contribution in [0, 0.1) is 0 Å². The molecule has 13 aromatic carbocycles. The van der Waals surface area contributed by atoms with Crippen molar-refractivity contribution in [2.75, 3.05) is 0 Å². The van der Waals surface area contributed by atoms with E-state index in [1.807, 2.05) is 72.8 Å². The van der Waals surface area contributed by atoms with Crippen molar-refractivity contribution < 1.29 is 28.6 Å². The van der Waals surface area contributed by atoms with Gasteiger partial charge in [-0.25, -0.2) is 14.4 Å². The molecule has 6 nitrogen and oxygen atoms in total. The molecule has 0 spiro atoms. The molecule has 0 saturated heterocycles. The molecule has 294 valence electrons. The number of rotatable bonds is 6. The van der Waals surface area contributed by atoms with Gasteiger partial charge in [-0.2, -0.15) is 0 Å². The molecule has 0 saturated carbocycles. The fourth-order valence-electron chi connectivity index (χ4n) is 9.95. The van der Waals surface area contributed by atoms with E-state index in [1.165, 1.54) is 18.2 Å². The molecule has 0 fully saturated rings. The van der Waals surface area contributed by atoms with Gasteiger partial charge >= 0.3 is 17.9 Å². The zero-order valence-electron chi connectivity index (χ0n) is 33.3. The van der Waals surface area contributed by atoms with E-state index in [4.69, 9.17) is 14.2 Å². The lowest BCUT2D eigenvalue weighted by molar-refractivity contribution is 0.0733. The maximum atomic E-state index is 14.3. The van der Waals surface area contributed by atoms with Crippen LogP contribution in [0.15, 0.2) is 182 Å². The van der Waals surface area contributed by atoms with E-state index in [9.17, 15) is 14.4 Å². The lowest BCUT2D eigenvalue weighted by Gasteiger charge is -2.16. The summed E-state index contributed by atoms with van der Waals surface area (Å²) in [5.41, 5.74) is 1.09. The maximum Gasteiger partial charge on any atom is 0.344 e. The van der Waals surface area contributed by atoms with Gasteiger partial charge in [0.05, 0.1) is 16.7 Å². The first-order valence-electron chi connectivity index (χ1n) is 20.7. The van der Waals surface area contributed by atoms with E-state index < -0.39 is 17.9 Å². The standard InChI is InChI=1S/C57H30O6/c58-55(46-25-19-37-13-10-31-4-1-7-34-16-22-43(46)52(37)49(31)34)61-40-28-41(62-56(59)47-26-20-38-14-11-32-5-2-8-35-17-23-44(47)53(38)50(32)35)30-42(29-40)63-57(60)48-27-21-39-15-12-33-6-3-9-36-18-24-45(48)54(39)51(33)36/h1-30H.